The minimum atomic E-state index is -3.51. The average molecular weight is 272 g/mol. The van der Waals surface area contributed by atoms with Crippen LogP contribution in [0.15, 0.2) is 29.4 Å². The summed E-state index contributed by atoms with van der Waals surface area (Å²) in [5.41, 5.74) is 6.41. The fraction of sp³-hybridized carbons (Fsp3) is 0.300. The molecule has 0 aliphatic carbocycles. The third-order valence-electron chi connectivity index (χ3n) is 2.44. The van der Waals surface area contributed by atoms with Crippen molar-refractivity contribution in [1.82, 2.24) is 4.31 Å². The van der Waals surface area contributed by atoms with Crippen molar-refractivity contribution in [2.45, 2.75) is 0 Å². The summed E-state index contributed by atoms with van der Waals surface area (Å²) in [6, 6.07) is 6.31. The van der Waals surface area contributed by atoms with E-state index in [1.54, 1.807) is 24.3 Å². The second kappa shape index (κ2) is 5.23. The van der Waals surface area contributed by atoms with Crippen molar-refractivity contribution in [3.63, 3.8) is 0 Å². The molecular weight excluding hydrogens is 256 g/mol. The van der Waals surface area contributed by atoms with Crippen LogP contribution in [0.5, 0.6) is 0 Å². The van der Waals surface area contributed by atoms with E-state index in [-0.39, 0.29) is 5.84 Å². The summed E-state index contributed by atoms with van der Waals surface area (Å²) in [6.07, 6.45) is 0. The molecule has 18 heavy (non-hydrogen) atoms. The molecule has 1 aromatic carbocycles. The number of amidine groups is 1. The molecule has 0 bridgehead atoms. The van der Waals surface area contributed by atoms with Gasteiger partial charge in [0.2, 0.25) is 0 Å². The Labute approximate surface area is 106 Å². The minimum absolute atomic E-state index is 0.0281. The van der Waals surface area contributed by atoms with Gasteiger partial charge in [-0.2, -0.15) is 12.7 Å². The number of benzene rings is 1. The first kappa shape index (κ1) is 14.3. The highest BCUT2D eigenvalue weighted by molar-refractivity contribution is 7.90. The maximum atomic E-state index is 11.9. The number of rotatable bonds is 4. The first-order valence-electron chi connectivity index (χ1n) is 5.05. The van der Waals surface area contributed by atoms with Gasteiger partial charge in [-0.05, 0) is 24.3 Å². The summed E-state index contributed by atoms with van der Waals surface area (Å²) in [5, 5.41) is 11.4. The topological polar surface area (TPSA) is 99.2 Å². The fourth-order valence-corrected chi connectivity index (χ4v) is 2.16. The van der Waals surface area contributed by atoms with Gasteiger partial charge in [0.1, 0.15) is 0 Å². The van der Waals surface area contributed by atoms with Crippen molar-refractivity contribution in [3.8, 4) is 0 Å². The van der Waals surface area contributed by atoms with Crippen LogP contribution in [0.1, 0.15) is 5.56 Å². The molecule has 0 aromatic heterocycles. The third kappa shape index (κ3) is 2.71. The summed E-state index contributed by atoms with van der Waals surface area (Å²) in [5.74, 6) is -0.0281. The lowest BCUT2D eigenvalue weighted by Crippen LogP contribution is -2.37. The predicted octanol–water partition coefficient (Wildman–Crippen LogP) is 0.0237. The molecule has 0 radical (unpaired) electrons. The Kier molecular flexibility index (Phi) is 4.15. The lowest BCUT2D eigenvalue weighted by Gasteiger charge is -2.23. The van der Waals surface area contributed by atoms with Gasteiger partial charge in [0, 0.05) is 26.7 Å². The summed E-state index contributed by atoms with van der Waals surface area (Å²) < 4.78 is 26.0. The molecule has 0 aliphatic heterocycles. The zero-order chi connectivity index (χ0) is 13.9. The highest BCUT2D eigenvalue weighted by Crippen LogP contribution is 2.17. The molecular formula is C10H16N4O3S. The Morgan fingerprint density at radius 3 is 2.11 bits per heavy atom. The minimum Gasteiger partial charge on any atom is -0.409 e. The van der Waals surface area contributed by atoms with E-state index in [0.29, 0.717) is 11.3 Å². The number of nitrogens with two attached hydrogens (primary N) is 1. The Morgan fingerprint density at radius 1 is 1.22 bits per heavy atom. The normalized spacial score (nSPS) is 12.8. The molecule has 1 aromatic rings. The first-order valence-corrected chi connectivity index (χ1v) is 6.44. The Morgan fingerprint density at radius 2 is 1.72 bits per heavy atom. The number of hydrogen-bond donors (Lipinski definition) is 2. The van der Waals surface area contributed by atoms with Gasteiger partial charge in [0.25, 0.3) is 0 Å². The maximum Gasteiger partial charge on any atom is 0.303 e. The van der Waals surface area contributed by atoms with Crippen LogP contribution in [0.4, 0.5) is 5.69 Å². The van der Waals surface area contributed by atoms with Crippen LogP contribution in [0, 0.1) is 0 Å². The van der Waals surface area contributed by atoms with Crippen molar-refractivity contribution < 1.29 is 13.6 Å². The summed E-state index contributed by atoms with van der Waals surface area (Å²) in [4.78, 5) is 0. The Hall–Kier alpha value is -1.80. The lowest BCUT2D eigenvalue weighted by molar-refractivity contribution is 0.318. The van der Waals surface area contributed by atoms with E-state index in [1.807, 2.05) is 0 Å². The summed E-state index contributed by atoms with van der Waals surface area (Å²) in [7, 11) is 0.849. The highest BCUT2D eigenvalue weighted by atomic mass is 32.2. The molecule has 1 rings (SSSR count). The number of hydrogen-bond acceptors (Lipinski definition) is 4. The van der Waals surface area contributed by atoms with Crippen molar-refractivity contribution in [3.05, 3.63) is 29.8 Å². The average Bonchev–Trinajstić information content (AvgIpc) is 2.36. The summed E-state index contributed by atoms with van der Waals surface area (Å²) >= 11 is 0. The second-order valence-corrected chi connectivity index (χ2v) is 5.96. The van der Waals surface area contributed by atoms with Gasteiger partial charge < -0.3 is 10.9 Å². The molecule has 7 nitrogen and oxygen atoms in total. The molecule has 0 spiro atoms. The van der Waals surface area contributed by atoms with E-state index in [4.69, 9.17) is 10.9 Å². The third-order valence-corrected chi connectivity index (χ3v) is 4.27. The quantitative estimate of drug-likeness (QED) is 0.349. The molecule has 0 fully saturated rings. The van der Waals surface area contributed by atoms with E-state index >= 15 is 0 Å². The van der Waals surface area contributed by atoms with Crippen LogP contribution in [-0.4, -0.2) is 44.9 Å². The number of oxime groups is 1. The van der Waals surface area contributed by atoms with E-state index in [1.165, 1.54) is 21.1 Å². The van der Waals surface area contributed by atoms with Crippen molar-refractivity contribution >= 4 is 21.7 Å². The van der Waals surface area contributed by atoms with E-state index < -0.39 is 10.2 Å². The van der Waals surface area contributed by atoms with E-state index in [2.05, 4.69) is 5.16 Å². The van der Waals surface area contributed by atoms with Gasteiger partial charge in [-0.25, -0.2) is 0 Å². The predicted molar refractivity (Wildman–Crippen MR) is 70.0 cm³/mol. The van der Waals surface area contributed by atoms with Gasteiger partial charge in [-0.1, -0.05) is 5.16 Å². The molecule has 0 saturated heterocycles. The molecule has 8 heteroatoms. The summed E-state index contributed by atoms with van der Waals surface area (Å²) in [6.45, 7) is 0. The number of anilines is 1. The van der Waals surface area contributed by atoms with Crippen molar-refractivity contribution in [2.24, 2.45) is 10.9 Å². The zero-order valence-corrected chi connectivity index (χ0v) is 11.2. The molecule has 3 N–H and O–H groups in total. The highest BCUT2D eigenvalue weighted by Gasteiger charge is 2.20. The van der Waals surface area contributed by atoms with Crippen LogP contribution in [0.3, 0.4) is 0 Å². The molecule has 0 atom stereocenters. The van der Waals surface area contributed by atoms with Crippen molar-refractivity contribution in [1.29, 1.82) is 0 Å². The fourth-order valence-electron chi connectivity index (χ4n) is 1.28. The first-order chi connectivity index (χ1) is 8.30. The van der Waals surface area contributed by atoms with E-state index in [9.17, 15) is 8.42 Å². The van der Waals surface area contributed by atoms with Crippen LogP contribution >= 0.6 is 0 Å². The Bertz CT molecular complexity index is 537. The molecule has 0 heterocycles. The number of nitrogens with zero attached hydrogens (tertiary/aromatic N) is 3. The standard InChI is InChI=1S/C10H16N4O3S/c1-13(2)18(16,17)14(3)9-6-4-8(5-7-9)10(11)12-15/h4-7,15H,1-3H3,(H2,11,12). The Balaban J connectivity index is 3.07. The molecule has 100 valence electrons. The van der Waals surface area contributed by atoms with Gasteiger partial charge in [0.05, 0.1) is 5.69 Å². The largest absolute Gasteiger partial charge is 0.409 e. The van der Waals surface area contributed by atoms with Gasteiger partial charge in [-0.15, -0.1) is 0 Å². The second-order valence-electron chi connectivity index (χ2n) is 3.79. The van der Waals surface area contributed by atoms with Crippen LogP contribution in [0.25, 0.3) is 0 Å². The van der Waals surface area contributed by atoms with Gasteiger partial charge in [-0.3, -0.25) is 4.31 Å². The molecule has 0 saturated carbocycles. The molecule has 0 unspecified atom stereocenters. The van der Waals surface area contributed by atoms with Gasteiger partial charge >= 0.3 is 10.2 Å². The van der Waals surface area contributed by atoms with E-state index in [0.717, 1.165) is 8.61 Å². The van der Waals surface area contributed by atoms with Crippen LogP contribution < -0.4 is 10.0 Å². The lowest BCUT2D eigenvalue weighted by atomic mass is 10.2. The van der Waals surface area contributed by atoms with Crippen molar-refractivity contribution in [2.75, 3.05) is 25.4 Å². The maximum absolute atomic E-state index is 11.9. The van der Waals surface area contributed by atoms with Gasteiger partial charge in [0.15, 0.2) is 5.84 Å². The SMILES string of the molecule is CN(C)S(=O)(=O)N(C)c1ccc(/C(N)=N/O)cc1. The van der Waals surface area contributed by atoms with Crippen LogP contribution in [-0.2, 0) is 10.2 Å². The smallest absolute Gasteiger partial charge is 0.303 e. The molecule has 0 aliphatic rings. The zero-order valence-electron chi connectivity index (χ0n) is 10.4. The monoisotopic (exact) mass is 272 g/mol. The molecule has 0 amide bonds. The van der Waals surface area contributed by atoms with Crippen LogP contribution in [0.2, 0.25) is 0 Å².